The van der Waals surface area contributed by atoms with E-state index in [1.165, 1.54) is 12.1 Å². The van der Waals surface area contributed by atoms with Crippen LogP contribution >= 0.6 is 0 Å². The van der Waals surface area contributed by atoms with Gasteiger partial charge < -0.3 is 19.7 Å². The number of rotatable bonds is 31. The molecule has 0 aliphatic heterocycles. The lowest BCUT2D eigenvalue weighted by Gasteiger charge is -2.08. The van der Waals surface area contributed by atoms with E-state index in [1.807, 2.05) is 26.0 Å². The number of carbonyl (C=O) groups is 4. The number of carboxylic acid groups (broad SMARTS) is 2. The SMILES string of the molecule is CC/C=C\C/C=C\C/C=C\C/C=C\C/C=C\C/C=C\CCC(=O)Oc1cc(C)ccc1C(=O)O.CC/C=C\C/C=C\C/C=C\C/C=C\C/C=C\CCCC(=O)Oc1cc(C)ccc1C(=O)O. The number of benzene rings is 2. The highest BCUT2D eigenvalue weighted by atomic mass is 16.5. The molecule has 0 saturated heterocycles. The Morgan fingerprint density at radius 1 is 0.409 bits per heavy atom. The van der Waals surface area contributed by atoms with Gasteiger partial charge in [-0.2, -0.15) is 0 Å². The molecule has 0 aliphatic carbocycles. The molecular formula is C58H74O8. The first kappa shape index (κ1) is 57.5. The van der Waals surface area contributed by atoms with Gasteiger partial charge in [0, 0.05) is 12.8 Å². The lowest BCUT2D eigenvalue weighted by Crippen LogP contribution is -2.11. The topological polar surface area (TPSA) is 127 Å². The Labute approximate surface area is 395 Å². The smallest absolute Gasteiger partial charge is 0.339 e. The third kappa shape index (κ3) is 32.2. The maximum Gasteiger partial charge on any atom is 0.339 e. The summed E-state index contributed by atoms with van der Waals surface area (Å²) in [6.07, 6.45) is 60.2. The number of carbonyl (C=O) groups excluding carboxylic acids is 2. The average Bonchev–Trinajstić information content (AvgIpc) is 3.28. The van der Waals surface area contributed by atoms with Crippen LogP contribution in [-0.2, 0) is 9.59 Å². The first-order valence-corrected chi connectivity index (χ1v) is 23.3. The Morgan fingerprint density at radius 2 is 0.697 bits per heavy atom. The fourth-order valence-electron chi connectivity index (χ4n) is 5.70. The summed E-state index contributed by atoms with van der Waals surface area (Å²) in [5.41, 5.74) is 1.68. The molecule has 0 aliphatic rings. The predicted octanol–water partition coefficient (Wildman–Crippen LogP) is 15.6. The minimum absolute atomic E-state index is 0.00165. The van der Waals surface area contributed by atoms with Crippen LogP contribution in [-0.4, -0.2) is 34.1 Å². The molecule has 0 unspecified atom stereocenters. The molecule has 0 saturated carbocycles. The van der Waals surface area contributed by atoms with Crippen LogP contribution in [0.2, 0.25) is 0 Å². The summed E-state index contributed by atoms with van der Waals surface area (Å²) in [7, 11) is 0. The first-order chi connectivity index (χ1) is 32.1. The lowest BCUT2D eigenvalue weighted by atomic mass is 10.1. The van der Waals surface area contributed by atoms with Crippen molar-refractivity contribution in [1.29, 1.82) is 0 Å². The van der Waals surface area contributed by atoms with Gasteiger partial charge in [-0.3, -0.25) is 9.59 Å². The monoisotopic (exact) mass is 899 g/mol. The molecule has 0 bridgehead atoms. The molecule has 8 heteroatoms. The van der Waals surface area contributed by atoms with Crippen LogP contribution in [0.3, 0.4) is 0 Å². The molecule has 0 spiro atoms. The predicted molar refractivity (Wildman–Crippen MR) is 273 cm³/mol. The summed E-state index contributed by atoms with van der Waals surface area (Å²) in [6.45, 7) is 7.92. The molecule has 0 heterocycles. The van der Waals surface area contributed by atoms with Crippen molar-refractivity contribution in [1.82, 2.24) is 0 Å². The van der Waals surface area contributed by atoms with Gasteiger partial charge in [-0.25, -0.2) is 9.59 Å². The number of ether oxygens (including phenoxy) is 2. The van der Waals surface area contributed by atoms with E-state index in [1.54, 1.807) is 24.3 Å². The van der Waals surface area contributed by atoms with Crippen molar-refractivity contribution in [2.75, 3.05) is 0 Å². The van der Waals surface area contributed by atoms with Crippen LogP contribution in [0.5, 0.6) is 11.5 Å². The van der Waals surface area contributed by atoms with Crippen molar-refractivity contribution in [3.63, 3.8) is 0 Å². The Morgan fingerprint density at radius 3 is 1.02 bits per heavy atom. The molecule has 2 aromatic rings. The summed E-state index contributed by atoms with van der Waals surface area (Å²) < 4.78 is 10.5. The highest BCUT2D eigenvalue weighted by Crippen LogP contribution is 2.22. The highest BCUT2D eigenvalue weighted by molar-refractivity contribution is 5.92. The molecule has 0 radical (unpaired) electrons. The van der Waals surface area contributed by atoms with E-state index in [0.29, 0.717) is 12.8 Å². The zero-order valence-corrected chi connectivity index (χ0v) is 39.8. The largest absolute Gasteiger partial charge is 0.478 e. The Kier molecular flexibility index (Phi) is 34.8. The zero-order valence-electron chi connectivity index (χ0n) is 39.8. The van der Waals surface area contributed by atoms with Crippen LogP contribution in [0.25, 0.3) is 0 Å². The second kappa shape index (κ2) is 40.0. The maximum absolute atomic E-state index is 12.0. The Balaban J connectivity index is 0.000000661. The number of carboxylic acids is 2. The third-order valence-corrected chi connectivity index (χ3v) is 9.20. The van der Waals surface area contributed by atoms with Crippen LogP contribution in [0, 0.1) is 13.8 Å². The molecule has 2 rings (SSSR count). The number of unbranched alkanes of at least 4 members (excludes halogenated alkanes) is 1. The summed E-state index contributed by atoms with van der Waals surface area (Å²) in [6, 6.07) is 9.41. The van der Waals surface area contributed by atoms with E-state index in [2.05, 4.69) is 135 Å². The molecule has 2 N–H and O–H groups in total. The van der Waals surface area contributed by atoms with Gasteiger partial charge in [0.15, 0.2) is 0 Å². The van der Waals surface area contributed by atoms with Gasteiger partial charge in [0.25, 0.3) is 0 Å². The highest BCUT2D eigenvalue weighted by Gasteiger charge is 2.15. The van der Waals surface area contributed by atoms with Gasteiger partial charge in [0.05, 0.1) is 0 Å². The van der Waals surface area contributed by atoms with Gasteiger partial charge in [0.2, 0.25) is 0 Å². The number of aromatic carboxylic acids is 2. The van der Waals surface area contributed by atoms with E-state index < -0.39 is 23.9 Å². The van der Waals surface area contributed by atoms with Crippen LogP contribution in [0.15, 0.2) is 170 Å². The van der Waals surface area contributed by atoms with E-state index in [4.69, 9.17) is 9.47 Å². The molecule has 0 atom stereocenters. The molecule has 0 amide bonds. The van der Waals surface area contributed by atoms with Crippen molar-refractivity contribution >= 4 is 23.9 Å². The zero-order chi connectivity index (χ0) is 48.3. The van der Waals surface area contributed by atoms with Crippen LogP contribution in [0.1, 0.15) is 148 Å². The van der Waals surface area contributed by atoms with Crippen LogP contribution < -0.4 is 9.47 Å². The molecule has 0 aromatic heterocycles. The average molecular weight is 899 g/mol. The standard InChI is InChI=1S/C30H38O4.C28H36O4/c1-3-4-5-6-7-8-9-10-11-12-13-14-15-16-17-18-19-20-21-22-29(31)34-28-25-26(2)23-24-27(28)30(32)33;1-3-4-5-6-7-8-9-10-11-12-13-14-15-16-17-18-19-20-27(29)32-26-23-24(2)21-22-25(26)28(30)31/h4-5,7-8,10-11,13-14,16-17,19-20,23-25H,3,6,9,12,15,18,21-22H2,1-2H3,(H,32,33);4-5,7-8,10-11,13-14,16-17,21-23H,3,6,9,12,15,18-20H2,1-2H3,(H,30,31)/b5-4-,8-7-,11-10-,14-13-,17-16-,20-19-;5-4-,8-7-,11-10-,14-13-,17-16-. The van der Waals surface area contributed by atoms with Crippen molar-refractivity contribution in [3.05, 3.63) is 192 Å². The van der Waals surface area contributed by atoms with Gasteiger partial charge in [-0.15, -0.1) is 0 Å². The third-order valence-electron chi connectivity index (χ3n) is 9.20. The van der Waals surface area contributed by atoms with Crippen molar-refractivity contribution in [2.45, 2.75) is 130 Å². The van der Waals surface area contributed by atoms with E-state index >= 15 is 0 Å². The quantitative estimate of drug-likeness (QED) is 0.0331. The molecular weight excluding hydrogens is 825 g/mol. The molecule has 66 heavy (non-hydrogen) atoms. The number of allylic oxidation sites excluding steroid dienone is 22. The minimum atomic E-state index is -1.11. The summed E-state index contributed by atoms with van der Waals surface area (Å²) >= 11 is 0. The number of hydrogen-bond donors (Lipinski definition) is 2. The van der Waals surface area contributed by atoms with Gasteiger partial charge in [-0.05, 0) is 139 Å². The summed E-state index contributed by atoms with van der Waals surface area (Å²) in [5, 5.41) is 18.4. The van der Waals surface area contributed by atoms with Crippen LogP contribution in [0.4, 0.5) is 0 Å². The maximum atomic E-state index is 12.0. The lowest BCUT2D eigenvalue weighted by molar-refractivity contribution is -0.135. The van der Waals surface area contributed by atoms with Gasteiger partial charge in [0.1, 0.15) is 22.6 Å². The Hall–Kier alpha value is -6.54. The number of hydrogen-bond acceptors (Lipinski definition) is 6. The minimum Gasteiger partial charge on any atom is -0.478 e. The summed E-state index contributed by atoms with van der Waals surface area (Å²) in [5.74, 6) is -2.86. The fourth-order valence-corrected chi connectivity index (χ4v) is 5.70. The van der Waals surface area contributed by atoms with Crippen molar-refractivity contribution < 1.29 is 38.9 Å². The first-order valence-electron chi connectivity index (χ1n) is 23.3. The van der Waals surface area contributed by atoms with E-state index in [-0.39, 0.29) is 35.5 Å². The van der Waals surface area contributed by atoms with Crippen molar-refractivity contribution in [2.24, 2.45) is 0 Å². The molecule has 0 fully saturated rings. The Bertz CT molecular complexity index is 2050. The number of aryl methyl sites for hydroxylation is 2. The van der Waals surface area contributed by atoms with E-state index in [0.717, 1.165) is 88.2 Å². The number of esters is 2. The second-order valence-corrected chi connectivity index (χ2v) is 15.1. The van der Waals surface area contributed by atoms with E-state index in [9.17, 15) is 29.4 Å². The normalized spacial score (nSPS) is 12.3. The van der Waals surface area contributed by atoms with Crippen molar-refractivity contribution in [3.8, 4) is 11.5 Å². The van der Waals surface area contributed by atoms with Gasteiger partial charge in [-0.1, -0.05) is 160 Å². The molecule has 8 nitrogen and oxygen atoms in total. The molecule has 354 valence electrons. The second-order valence-electron chi connectivity index (χ2n) is 15.1. The molecule has 2 aromatic carbocycles. The fraction of sp³-hybridized carbons (Fsp3) is 0.345. The summed E-state index contributed by atoms with van der Waals surface area (Å²) in [4.78, 5) is 46.5. The van der Waals surface area contributed by atoms with Gasteiger partial charge >= 0.3 is 23.9 Å².